The maximum Gasteiger partial charge on any atom is 0.255 e. The highest BCUT2D eigenvalue weighted by molar-refractivity contribution is 6.32. The Balaban J connectivity index is 1.88. The zero-order chi connectivity index (χ0) is 28.4. The second-order valence-electron chi connectivity index (χ2n) is 11.3. The van der Waals surface area contributed by atoms with Crippen LogP contribution >= 0.6 is 11.6 Å². The Kier molecular flexibility index (Phi) is 7.15. The third-order valence-corrected chi connectivity index (χ3v) is 8.32. The number of rotatable bonds is 6. The number of carbonyl (C=O) groups is 3. The van der Waals surface area contributed by atoms with Gasteiger partial charge < -0.3 is 31.1 Å². The fourth-order valence-corrected chi connectivity index (χ4v) is 6.73. The minimum absolute atomic E-state index is 0.0125. The zero-order valence-corrected chi connectivity index (χ0v) is 22.8. The summed E-state index contributed by atoms with van der Waals surface area (Å²) in [5.74, 6) is -6.43. The van der Waals surface area contributed by atoms with E-state index in [0.29, 0.717) is 28.6 Å². The van der Waals surface area contributed by atoms with Crippen LogP contribution in [0.3, 0.4) is 0 Å². The molecule has 1 fully saturated rings. The lowest BCUT2D eigenvalue weighted by atomic mass is 9.57. The van der Waals surface area contributed by atoms with Crippen molar-refractivity contribution >= 4 is 34.8 Å². The number of halogens is 1. The molecule has 1 saturated carbocycles. The van der Waals surface area contributed by atoms with Gasteiger partial charge in [0.15, 0.2) is 11.4 Å². The molecule has 6 N–H and O–H groups in total. The van der Waals surface area contributed by atoms with E-state index in [0.717, 1.165) is 6.54 Å². The molecule has 4 atom stereocenters. The van der Waals surface area contributed by atoms with Crippen molar-refractivity contribution in [3.8, 4) is 5.75 Å². The van der Waals surface area contributed by atoms with Crippen LogP contribution in [-0.2, 0) is 27.3 Å². The lowest BCUT2D eigenvalue weighted by Gasteiger charge is -2.50. The minimum atomic E-state index is -2.66. The number of aromatic hydroxyl groups is 1. The average molecular weight is 548 g/mol. The fourth-order valence-electron chi connectivity index (χ4n) is 6.44. The minimum Gasteiger partial charge on any atom is -0.508 e. The van der Waals surface area contributed by atoms with Crippen molar-refractivity contribution < 1.29 is 34.8 Å². The summed E-state index contributed by atoms with van der Waals surface area (Å²) in [6.45, 7) is 5.42. The number of nitrogens with two attached hydrogens (primary N) is 1. The largest absolute Gasteiger partial charge is 0.508 e. The number of Topliss-reactive ketones (excluding diaryl/α,β-unsaturated/α-hetero) is 2. The van der Waals surface area contributed by atoms with Crippen molar-refractivity contribution in [3.63, 3.8) is 0 Å². The lowest BCUT2D eigenvalue weighted by molar-refractivity contribution is -0.153. The van der Waals surface area contributed by atoms with Gasteiger partial charge in [-0.05, 0) is 63.0 Å². The first kappa shape index (κ1) is 28.1. The van der Waals surface area contributed by atoms with Crippen LogP contribution in [0.25, 0.3) is 5.76 Å². The molecule has 0 aromatic heterocycles. The van der Waals surface area contributed by atoms with E-state index >= 15 is 0 Å². The van der Waals surface area contributed by atoms with Crippen molar-refractivity contribution in [1.82, 2.24) is 9.80 Å². The third kappa shape index (κ3) is 4.10. The molecular weight excluding hydrogens is 514 g/mol. The first-order valence-corrected chi connectivity index (χ1v) is 12.9. The van der Waals surface area contributed by atoms with Crippen molar-refractivity contribution in [3.05, 3.63) is 44.7 Å². The van der Waals surface area contributed by atoms with E-state index in [-0.39, 0.29) is 29.7 Å². The summed E-state index contributed by atoms with van der Waals surface area (Å²) >= 11 is 6.79. The van der Waals surface area contributed by atoms with E-state index in [1.165, 1.54) is 11.0 Å². The summed E-state index contributed by atoms with van der Waals surface area (Å²) in [7, 11) is 5.05. The standard InChI is InChI=1S/C27H34ClN3O7/c1-11(2)9-31(5)10-13-8-16(32)18-14(20(13)28)6-12-7-15-21(30(3)4)23(34)19(26(29)37)25(36)27(15,38)24(35)17(12)22(18)33/h8,11-12,15,21,32-33,36,38H,6-7,9-10H2,1-5H3,(H2,29,37)/t12-,15-,21-,27?/m0/s1. The third-order valence-electron chi connectivity index (χ3n) is 7.85. The Morgan fingerprint density at radius 3 is 2.39 bits per heavy atom. The molecule has 1 amide bonds. The van der Waals surface area contributed by atoms with Gasteiger partial charge in [-0.15, -0.1) is 0 Å². The number of primary amides is 1. The van der Waals surface area contributed by atoms with Crippen LogP contribution in [0.2, 0.25) is 5.02 Å². The number of likely N-dealkylation sites (N-methyl/N-ethyl adjacent to an activating group) is 1. The molecule has 0 heterocycles. The Morgan fingerprint density at radius 1 is 1.21 bits per heavy atom. The van der Waals surface area contributed by atoms with Gasteiger partial charge in [0.2, 0.25) is 5.78 Å². The molecule has 1 unspecified atom stereocenters. The van der Waals surface area contributed by atoms with Gasteiger partial charge in [-0.2, -0.15) is 0 Å². The molecule has 1 aromatic rings. The lowest BCUT2D eigenvalue weighted by Crippen LogP contribution is -2.65. The van der Waals surface area contributed by atoms with Gasteiger partial charge in [-0.25, -0.2) is 0 Å². The zero-order valence-electron chi connectivity index (χ0n) is 22.1. The quantitative estimate of drug-likeness (QED) is 0.333. The van der Waals surface area contributed by atoms with Gasteiger partial charge >= 0.3 is 0 Å². The molecule has 4 rings (SSSR count). The highest BCUT2D eigenvalue weighted by Crippen LogP contribution is 2.53. The summed E-state index contributed by atoms with van der Waals surface area (Å²) in [4.78, 5) is 42.6. The number of amides is 1. The number of benzene rings is 1. The summed E-state index contributed by atoms with van der Waals surface area (Å²) in [6, 6.07) is 0.316. The molecule has 3 aliphatic carbocycles. The van der Waals surface area contributed by atoms with E-state index in [4.69, 9.17) is 17.3 Å². The Bertz CT molecular complexity index is 1300. The van der Waals surface area contributed by atoms with Crippen LogP contribution in [-0.4, -0.2) is 87.0 Å². The normalized spacial score (nSPS) is 27.3. The SMILES string of the molecule is CC(C)CN(C)Cc1cc(O)c2c(c1Cl)C[C@H]1C[C@H]3[C@H](N(C)C)C(=O)C(C(N)=O)=C(O)C3(O)C(=O)C1=C2O. The number of aliphatic hydroxyl groups is 3. The number of hydrogen-bond donors (Lipinski definition) is 5. The average Bonchev–Trinajstić information content (AvgIpc) is 2.78. The van der Waals surface area contributed by atoms with Gasteiger partial charge in [-0.1, -0.05) is 25.4 Å². The number of carbonyl (C=O) groups excluding carboxylic acids is 3. The maximum absolute atomic E-state index is 13.8. The molecule has 206 valence electrons. The van der Waals surface area contributed by atoms with Crippen LogP contribution in [0.5, 0.6) is 5.75 Å². The Hall–Kier alpha value is -2.92. The number of nitrogens with zero attached hydrogens (tertiary/aromatic N) is 2. The van der Waals surface area contributed by atoms with Crippen molar-refractivity contribution in [2.24, 2.45) is 23.5 Å². The molecule has 11 heteroatoms. The van der Waals surface area contributed by atoms with Crippen LogP contribution in [0.15, 0.2) is 23.0 Å². The second-order valence-corrected chi connectivity index (χ2v) is 11.7. The molecule has 38 heavy (non-hydrogen) atoms. The maximum atomic E-state index is 13.8. The van der Waals surface area contributed by atoms with Crippen LogP contribution in [0, 0.1) is 17.8 Å². The highest BCUT2D eigenvalue weighted by Gasteiger charge is 2.64. The molecule has 10 nitrogen and oxygen atoms in total. The molecule has 3 aliphatic rings. The van der Waals surface area contributed by atoms with Crippen molar-refractivity contribution in [1.29, 1.82) is 0 Å². The highest BCUT2D eigenvalue weighted by atomic mass is 35.5. The molecule has 0 aliphatic heterocycles. The van der Waals surface area contributed by atoms with E-state index in [1.807, 2.05) is 7.05 Å². The summed E-state index contributed by atoms with van der Waals surface area (Å²) in [5, 5.41) is 45.0. The fraction of sp³-hybridized carbons (Fsp3) is 0.519. The number of hydrogen-bond acceptors (Lipinski definition) is 9. The second kappa shape index (κ2) is 9.68. The molecule has 0 saturated heterocycles. The van der Waals surface area contributed by atoms with Crippen molar-refractivity contribution in [2.45, 2.75) is 44.9 Å². The van der Waals surface area contributed by atoms with Crippen LogP contribution in [0.1, 0.15) is 37.0 Å². The number of aliphatic hydroxyl groups excluding tert-OH is 2. The molecule has 1 aromatic carbocycles. The topological polar surface area (TPSA) is 165 Å². The van der Waals surface area contributed by atoms with E-state index in [2.05, 4.69) is 18.7 Å². The van der Waals surface area contributed by atoms with E-state index in [9.17, 15) is 34.8 Å². The summed E-state index contributed by atoms with van der Waals surface area (Å²) < 4.78 is 0. The predicted molar refractivity (Wildman–Crippen MR) is 140 cm³/mol. The predicted octanol–water partition coefficient (Wildman–Crippen LogP) is 1.71. The molecular formula is C27H34ClN3O7. The van der Waals surface area contributed by atoms with Crippen LogP contribution < -0.4 is 5.73 Å². The molecule has 0 radical (unpaired) electrons. The smallest absolute Gasteiger partial charge is 0.255 e. The molecule has 0 bridgehead atoms. The van der Waals surface area contributed by atoms with Gasteiger partial charge in [0, 0.05) is 29.6 Å². The summed E-state index contributed by atoms with van der Waals surface area (Å²) in [6.07, 6.45) is 0.170. The number of fused-ring (bicyclic) bond motifs is 3. The van der Waals surface area contributed by atoms with Gasteiger partial charge in [0.1, 0.15) is 22.8 Å². The number of phenols is 1. The molecule has 0 spiro atoms. The Morgan fingerprint density at radius 2 is 1.84 bits per heavy atom. The van der Waals surface area contributed by atoms with E-state index < -0.39 is 58.0 Å². The monoisotopic (exact) mass is 547 g/mol. The number of ketones is 2. The first-order valence-electron chi connectivity index (χ1n) is 12.5. The van der Waals surface area contributed by atoms with Gasteiger partial charge in [-0.3, -0.25) is 19.3 Å². The number of phenolic OH excluding ortho intramolecular Hbond substituents is 1. The van der Waals surface area contributed by atoms with Crippen molar-refractivity contribution in [2.75, 3.05) is 27.7 Å². The van der Waals surface area contributed by atoms with Gasteiger partial charge in [0.05, 0.1) is 11.6 Å². The summed E-state index contributed by atoms with van der Waals surface area (Å²) in [5.41, 5.74) is 2.75. The first-order chi connectivity index (χ1) is 17.6. The van der Waals surface area contributed by atoms with Crippen LogP contribution in [0.4, 0.5) is 0 Å². The van der Waals surface area contributed by atoms with E-state index in [1.54, 1.807) is 14.1 Å². The van der Waals surface area contributed by atoms with Gasteiger partial charge in [0.25, 0.3) is 5.91 Å². The Labute approximate surface area is 226 Å².